The van der Waals surface area contributed by atoms with Crippen LogP contribution in [0.5, 0.6) is 0 Å². The minimum atomic E-state index is -0.500. The molecule has 0 radical (unpaired) electrons. The summed E-state index contributed by atoms with van der Waals surface area (Å²) < 4.78 is 11.4. The van der Waals surface area contributed by atoms with Crippen molar-refractivity contribution in [3.05, 3.63) is 34.1 Å². The summed E-state index contributed by atoms with van der Waals surface area (Å²) in [5.41, 5.74) is 0.494. The van der Waals surface area contributed by atoms with Gasteiger partial charge in [0.1, 0.15) is 0 Å². The molecule has 1 aromatic carbocycles. The number of carbonyl (C=O) groups is 2. The molecule has 2 rings (SSSR count). The lowest BCUT2D eigenvalue weighted by molar-refractivity contribution is -0.118. The molecule has 0 spiro atoms. The Hall–Kier alpha value is -2.39. The van der Waals surface area contributed by atoms with Crippen molar-refractivity contribution < 1.29 is 19.1 Å². The van der Waals surface area contributed by atoms with Crippen LogP contribution in [0.15, 0.2) is 28.2 Å². The molecule has 1 N–H and O–H groups in total. The predicted octanol–water partition coefficient (Wildman–Crippen LogP) is 2.08. The van der Waals surface area contributed by atoms with Crippen LogP contribution < -0.4 is 10.9 Å². The van der Waals surface area contributed by atoms with Crippen molar-refractivity contribution >= 4 is 34.5 Å². The predicted molar refractivity (Wildman–Crippen MR) is 112 cm³/mol. The summed E-state index contributed by atoms with van der Waals surface area (Å²) in [6.45, 7) is 5.55. The van der Waals surface area contributed by atoms with Gasteiger partial charge in [-0.25, -0.2) is 9.78 Å². The van der Waals surface area contributed by atoms with E-state index < -0.39 is 5.97 Å². The first-order chi connectivity index (χ1) is 13.9. The van der Waals surface area contributed by atoms with E-state index in [9.17, 15) is 14.4 Å². The van der Waals surface area contributed by atoms with Crippen LogP contribution in [0, 0.1) is 5.92 Å². The van der Waals surface area contributed by atoms with E-state index in [0.717, 1.165) is 0 Å². The highest BCUT2D eigenvalue weighted by atomic mass is 32.2. The second-order valence-corrected chi connectivity index (χ2v) is 7.85. The topological polar surface area (TPSA) is 99.5 Å². The zero-order chi connectivity index (χ0) is 21.4. The van der Waals surface area contributed by atoms with E-state index in [1.54, 1.807) is 23.8 Å². The first kappa shape index (κ1) is 22.9. The van der Waals surface area contributed by atoms with Gasteiger partial charge in [-0.05, 0) is 30.5 Å². The zero-order valence-corrected chi connectivity index (χ0v) is 18.0. The lowest BCUT2D eigenvalue weighted by Gasteiger charge is -2.13. The van der Waals surface area contributed by atoms with Crippen molar-refractivity contribution in [2.75, 3.05) is 33.1 Å². The number of thioether (sulfide) groups is 1. The van der Waals surface area contributed by atoms with E-state index >= 15 is 0 Å². The summed E-state index contributed by atoms with van der Waals surface area (Å²) in [7, 11) is 2.90. The first-order valence-electron chi connectivity index (χ1n) is 9.38. The highest BCUT2D eigenvalue weighted by Crippen LogP contribution is 2.19. The Bertz CT molecular complexity index is 926. The van der Waals surface area contributed by atoms with Gasteiger partial charge in [0.15, 0.2) is 5.16 Å². The molecule has 1 heterocycles. The highest BCUT2D eigenvalue weighted by molar-refractivity contribution is 7.99. The Labute approximate surface area is 174 Å². The number of fused-ring (bicyclic) bond motifs is 1. The van der Waals surface area contributed by atoms with Crippen molar-refractivity contribution in [2.24, 2.45) is 5.92 Å². The van der Waals surface area contributed by atoms with Gasteiger partial charge in [-0.3, -0.25) is 14.2 Å². The van der Waals surface area contributed by atoms with Gasteiger partial charge < -0.3 is 14.8 Å². The summed E-state index contributed by atoms with van der Waals surface area (Å²) in [5, 5.41) is 3.69. The first-order valence-corrected chi connectivity index (χ1v) is 10.4. The second kappa shape index (κ2) is 11.0. The molecular weight excluding hydrogens is 394 g/mol. The molecule has 0 atom stereocenters. The summed E-state index contributed by atoms with van der Waals surface area (Å²) in [6, 6.07) is 4.65. The van der Waals surface area contributed by atoms with Crippen LogP contribution in [0.3, 0.4) is 0 Å². The van der Waals surface area contributed by atoms with Crippen LogP contribution in [0.25, 0.3) is 10.9 Å². The van der Waals surface area contributed by atoms with Gasteiger partial charge in [0.25, 0.3) is 5.56 Å². The number of aromatic nitrogens is 2. The van der Waals surface area contributed by atoms with Crippen molar-refractivity contribution in [3.63, 3.8) is 0 Å². The highest BCUT2D eigenvalue weighted by Gasteiger charge is 2.15. The molecule has 0 saturated heterocycles. The normalized spacial score (nSPS) is 11.1. The number of nitrogens with zero attached hydrogens (tertiary/aromatic N) is 2. The molecule has 158 valence electrons. The summed E-state index contributed by atoms with van der Waals surface area (Å²) >= 11 is 1.20. The zero-order valence-electron chi connectivity index (χ0n) is 17.2. The number of methoxy groups -OCH3 is 2. The lowest BCUT2D eigenvalue weighted by atomic mass is 10.1. The van der Waals surface area contributed by atoms with Crippen LogP contribution in [0.4, 0.5) is 0 Å². The van der Waals surface area contributed by atoms with Gasteiger partial charge in [0.05, 0.1) is 29.3 Å². The third kappa shape index (κ3) is 6.30. The quantitative estimate of drug-likeness (QED) is 0.271. The molecule has 9 heteroatoms. The van der Waals surface area contributed by atoms with Gasteiger partial charge in [-0.2, -0.15) is 0 Å². The van der Waals surface area contributed by atoms with E-state index in [2.05, 4.69) is 10.3 Å². The molecule has 29 heavy (non-hydrogen) atoms. The van der Waals surface area contributed by atoms with E-state index in [0.29, 0.717) is 53.7 Å². The van der Waals surface area contributed by atoms with Gasteiger partial charge >= 0.3 is 5.97 Å². The van der Waals surface area contributed by atoms with Crippen LogP contribution in [0.1, 0.15) is 30.6 Å². The molecule has 1 aromatic heterocycles. The monoisotopic (exact) mass is 421 g/mol. The van der Waals surface area contributed by atoms with Gasteiger partial charge in [0, 0.05) is 26.8 Å². The van der Waals surface area contributed by atoms with Gasteiger partial charge in [-0.15, -0.1) is 0 Å². The fraction of sp³-hybridized carbons (Fsp3) is 0.500. The maximum Gasteiger partial charge on any atom is 0.337 e. The molecule has 0 fully saturated rings. The Morgan fingerprint density at radius 2 is 2.03 bits per heavy atom. The van der Waals surface area contributed by atoms with Crippen molar-refractivity contribution in [1.82, 2.24) is 14.9 Å². The van der Waals surface area contributed by atoms with Crippen molar-refractivity contribution in [1.29, 1.82) is 0 Å². The fourth-order valence-electron chi connectivity index (χ4n) is 2.62. The Balaban J connectivity index is 2.36. The molecule has 0 aliphatic carbocycles. The number of esters is 1. The summed E-state index contributed by atoms with van der Waals surface area (Å²) in [4.78, 5) is 41.5. The van der Waals surface area contributed by atoms with Crippen molar-refractivity contribution in [2.45, 2.75) is 32.0 Å². The molecule has 2 aromatic rings. The molecule has 0 aliphatic heterocycles. The van der Waals surface area contributed by atoms with Gasteiger partial charge in [-0.1, -0.05) is 25.6 Å². The third-order valence-corrected chi connectivity index (χ3v) is 5.09. The second-order valence-electron chi connectivity index (χ2n) is 6.91. The standard InChI is InChI=1S/C20H27N3O5S/c1-13(2)11-21-17(24)12-29-20-22-16-10-14(19(26)28-4)6-7-15(16)18(25)23(20)8-5-9-27-3/h6-7,10,13H,5,8-9,11-12H2,1-4H3,(H,21,24). The molecule has 8 nitrogen and oxygen atoms in total. The molecule has 0 bridgehead atoms. The molecule has 0 aliphatic rings. The number of hydrogen-bond acceptors (Lipinski definition) is 7. The number of benzene rings is 1. The number of rotatable bonds is 10. The van der Waals surface area contributed by atoms with E-state index in [-0.39, 0.29) is 17.2 Å². The van der Waals surface area contributed by atoms with Crippen LogP contribution >= 0.6 is 11.8 Å². The van der Waals surface area contributed by atoms with Crippen LogP contribution in [-0.2, 0) is 20.8 Å². The van der Waals surface area contributed by atoms with E-state index in [1.807, 2.05) is 13.8 Å². The third-order valence-electron chi connectivity index (χ3n) is 4.11. The number of amides is 1. The summed E-state index contributed by atoms with van der Waals surface area (Å²) in [5.74, 6) is -0.122. The molecule has 0 unspecified atom stereocenters. The minimum Gasteiger partial charge on any atom is -0.465 e. The SMILES string of the molecule is COCCCn1c(SCC(=O)NCC(C)C)nc2cc(C(=O)OC)ccc2c1=O. The maximum atomic E-state index is 13.0. The number of nitrogens with one attached hydrogen (secondary N) is 1. The Morgan fingerprint density at radius 1 is 1.28 bits per heavy atom. The molecular formula is C20H27N3O5S. The number of hydrogen-bond donors (Lipinski definition) is 1. The Morgan fingerprint density at radius 3 is 2.69 bits per heavy atom. The Kier molecular flexibility index (Phi) is 8.66. The molecule has 0 saturated carbocycles. The van der Waals surface area contributed by atoms with Crippen molar-refractivity contribution in [3.8, 4) is 0 Å². The molecule has 1 amide bonds. The summed E-state index contributed by atoms with van der Waals surface area (Å²) in [6.07, 6.45) is 0.636. The van der Waals surface area contributed by atoms with Gasteiger partial charge in [0.2, 0.25) is 5.91 Å². The lowest BCUT2D eigenvalue weighted by Crippen LogP contribution is -2.29. The fourth-order valence-corrected chi connectivity index (χ4v) is 3.47. The minimum absolute atomic E-state index is 0.121. The van der Waals surface area contributed by atoms with Crippen LogP contribution in [0.2, 0.25) is 0 Å². The average molecular weight is 422 g/mol. The number of carbonyl (C=O) groups excluding carboxylic acids is 2. The van der Waals surface area contributed by atoms with E-state index in [4.69, 9.17) is 9.47 Å². The smallest absolute Gasteiger partial charge is 0.337 e. The van der Waals surface area contributed by atoms with E-state index in [1.165, 1.54) is 24.9 Å². The maximum absolute atomic E-state index is 13.0. The largest absolute Gasteiger partial charge is 0.465 e. The average Bonchev–Trinajstić information content (AvgIpc) is 2.71. The van der Waals surface area contributed by atoms with Crippen LogP contribution in [-0.4, -0.2) is 54.6 Å². The number of ether oxygens (including phenoxy) is 2.